The molecule has 1 unspecified atom stereocenters. The minimum atomic E-state index is -4.97. The number of halogens is 3. The molecule has 0 aromatic rings. The zero-order chi connectivity index (χ0) is 12.4. The van der Waals surface area contributed by atoms with Crippen molar-refractivity contribution >= 4 is 11.9 Å². The van der Waals surface area contributed by atoms with Gasteiger partial charge in [-0.2, -0.15) is 0 Å². The third-order valence-corrected chi connectivity index (χ3v) is 1.78. The maximum absolute atomic E-state index is 12.4. The maximum atomic E-state index is 12.4. The van der Waals surface area contributed by atoms with Crippen LogP contribution in [0.25, 0.3) is 0 Å². The van der Waals surface area contributed by atoms with Crippen molar-refractivity contribution in [2.45, 2.75) is 33.1 Å². The molecular weight excluding hydrogens is 215 g/mol. The molecule has 0 fully saturated rings. The smallest absolute Gasteiger partial charge is 0.480 e. The maximum Gasteiger partial charge on any atom is 0.487 e. The summed E-state index contributed by atoms with van der Waals surface area (Å²) in [6.07, 6.45) is -4.97. The van der Waals surface area contributed by atoms with Crippen LogP contribution in [0.2, 0.25) is 0 Å². The number of carboxylic acids is 1. The van der Waals surface area contributed by atoms with Crippen LogP contribution in [0.3, 0.4) is 0 Å². The molecule has 0 spiro atoms. The molecule has 0 aliphatic carbocycles. The third kappa shape index (κ3) is 3.41. The van der Waals surface area contributed by atoms with Crippen molar-refractivity contribution in [1.82, 2.24) is 4.90 Å². The number of nitrogens with zero attached hydrogens (tertiary/aromatic N) is 1. The van der Waals surface area contributed by atoms with Crippen LogP contribution in [0.5, 0.6) is 0 Å². The lowest BCUT2D eigenvalue weighted by Gasteiger charge is -2.31. The Hall–Kier alpha value is -1.27. The van der Waals surface area contributed by atoms with Crippen molar-refractivity contribution in [3.8, 4) is 0 Å². The number of carboxylic acid groups (broad SMARTS) is 1. The fraction of sp³-hybridized carbons (Fsp3) is 0.750. The molecular formula is C8H12F3NO3. The number of hydrogen-bond acceptors (Lipinski definition) is 2. The molecule has 0 bridgehead atoms. The first-order valence-electron chi connectivity index (χ1n) is 4.18. The van der Waals surface area contributed by atoms with E-state index in [1.807, 2.05) is 0 Å². The number of alkyl halides is 3. The molecule has 0 aromatic heterocycles. The number of carbonyl (C=O) groups is 2. The molecule has 7 heteroatoms. The van der Waals surface area contributed by atoms with Crippen molar-refractivity contribution in [3.63, 3.8) is 0 Å². The lowest BCUT2D eigenvalue weighted by molar-refractivity contribution is -0.254. The van der Waals surface area contributed by atoms with E-state index in [0.29, 0.717) is 6.92 Å². The van der Waals surface area contributed by atoms with E-state index < -0.39 is 35.0 Å². The summed E-state index contributed by atoms with van der Waals surface area (Å²) in [7, 11) is 0. The predicted molar refractivity (Wildman–Crippen MR) is 44.8 cm³/mol. The van der Waals surface area contributed by atoms with Gasteiger partial charge in [-0.3, -0.25) is 4.79 Å². The highest BCUT2D eigenvalue weighted by Gasteiger charge is 2.47. The summed E-state index contributed by atoms with van der Waals surface area (Å²) in [5, 5.41) is 8.63. The second-order valence-electron chi connectivity index (χ2n) is 3.38. The number of amides is 1. The van der Waals surface area contributed by atoms with E-state index in [1.54, 1.807) is 0 Å². The van der Waals surface area contributed by atoms with Crippen LogP contribution in [0.1, 0.15) is 20.8 Å². The highest BCUT2D eigenvalue weighted by Crippen LogP contribution is 2.27. The molecule has 4 nitrogen and oxygen atoms in total. The first-order valence-corrected chi connectivity index (χ1v) is 4.18. The molecule has 0 heterocycles. The summed E-state index contributed by atoms with van der Waals surface area (Å²) in [4.78, 5) is 20.9. The number of carbonyl (C=O) groups excluding carboxylic acids is 1. The van der Waals surface area contributed by atoms with Crippen LogP contribution >= 0.6 is 0 Å². The Morgan fingerprint density at radius 3 is 1.73 bits per heavy atom. The minimum absolute atomic E-state index is 0.569. The first kappa shape index (κ1) is 13.7. The van der Waals surface area contributed by atoms with E-state index in [0.717, 1.165) is 0 Å². The topological polar surface area (TPSA) is 57.6 Å². The van der Waals surface area contributed by atoms with Crippen molar-refractivity contribution in [2.24, 2.45) is 5.92 Å². The molecule has 88 valence electrons. The normalized spacial score (nSPS) is 13.8. The third-order valence-electron chi connectivity index (χ3n) is 1.78. The molecule has 15 heavy (non-hydrogen) atoms. The quantitative estimate of drug-likeness (QED) is 0.742. The molecule has 0 aliphatic rings. The van der Waals surface area contributed by atoms with Gasteiger partial charge in [-0.25, -0.2) is 9.69 Å². The van der Waals surface area contributed by atoms with Gasteiger partial charge in [-0.15, -0.1) is 13.2 Å². The van der Waals surface area contributed by atoms with E-state index in [-0.39, 0.29) is 0 Å². The van der Waals surface area contributed by atoms with Gasteiger partial charge in [-0.05, 0) is 5.92 Å². The lowest BCUT2D eigenvalue weighted by atomic mass is 10.0. The zero-order valence-electron chi connectivity index (χ0n) is 8.50. The van der Waals surface area contributed by atoms with Gasteiger partial charge in [0.2, 0.25) is 5.91 Å². The number of hydrogen-bond donors (Lipinski definition) is 1. The molecule has 1 atom stereocenters. The minimum Gasteiger partial charge on any atom is -0.480 e. The van der Waals surface area contributed by atoms with E-state index in [9.17, 15) is 22.8 Å². The van der Waals surface area contributed by atoms with E-state index in [1.165, 1.54) is 13.8 Å². The summed E-state index contributed by atoms with van der Waals surface area (Å²) in [5.41, 5.74) is 0. The van der Waals surface area contributed by atoms with Gasteiger partial charge in [-0.1, -0.05) is 13.8 Å². The fourth-order valence-corrected chi connectivity index (χ4v) is 1.23. The Balaban J connectivity index is 5.21. The van der Waals surface area contributed by atoms with Crippen molar-refractivity contribution < 1.29 is 27.9 Å². The largest absolute Gasteiger partial charge is 0.487 e. The molecule has 0 radical (unpaired) electrons. The molecule has 1 amide bonds. The Morgan fingerprint density at radius 2 is 1.67 bits per heavy atom. The molecule has 0 aliphatic heterocycles. The Bertz CT molecular complexity index is 262. The van der Waals surface area contributed by atoms with E-state index in [4.69, 9.17) is 5.11 Å². The van der Waals surface area contributed by atoms with Gasteiger partial charge >= 0.3 is 12.3 Å². The van der Waals surface area contributed by atoms with Crippen molar-refractivity contribution in [1.29, 1.82) is 0 Å². The predicted octanol–water partition coefficient (Wildman–Crippen LogP) is 1.46. The van der Waals surface area contributed by atoms with Crippen LogP contribution in [0, 0.1) is 5.92 Å². The molecule has 0 rings (SSSR count). The van der Waals surface area contributed by atoms with Gasteiger partial charge in [0.1, 0.15) is 6.04 Å². The highest BCUT2D eigenvalue weighted by molar-refractivity contribution is 5.82. The standard InChI is InChI=1S/C8H12F3NO3/c1-4(2)6(7(14)15)12(5(3)13)8(9,10)11/h4,6H,1-3H3,(H,14,15). The highest BCUT2D eigenvalue weighted by atomic mass is 19.4. The number of aliphatic carboxylic acids is 1. The molecule has 0 aromatic carbocycles. The van der Waals surface area contributed by atoms with Crippen molar-refractivity contribution in [3.05, 3.63) is 0 Å². The zero-order valence-corrected chi connectivity index (χ0v) is 8.50. The van der Waals surface area contributed by atoms with Crippen LogP contribution < -0.4 is 0 Å². The second-order valence-corrected chi connectivity index (χ2v) is 3.38. The summed E-state index contributed by atoms with van der Waals surface area (Å²) in [6.45, 7) is 3.30. The average Bonchev–Trinajstić information content (AvgIpc) is 1.94. The second kappa shape index (κ2) is 4.50. The van der Waals surface area contributed by atoms with Crippen molar-refractivity contribution in [2.75, 3.05) is 0 Å². The molecule has 0 saturated carbocycles. The summed E-state index contributed by atoms with van der Waals surface area (Å²) in [5.74, 6) is -3.82. The van der Waals surface area contributed by atoms with Crippen LogP contribution in [-0.2, 0) is 9.59 Å². The van der Waals surface area contributed by atoms with Crippen LogP contribution in [0.15, 0.2) is 0 Å². The summed E-state index contributed by atoms with van der Waals surface area (Å²) in [6, 6.07) is -1.89. The Morgan fingerprint density at radius 1 is 1.27 bits per heavy atom. The Labute approximate surface area is 84.7 Å². The molecule has 0 saturated heterocycles. The fourth-order valence-electron chi connectivity index (χ4n) is 1.23. The molecule has 1 N–H and O–H groups in total. The number of rotatable bonds is 3. The summed E-state index contributed by atoms with van der Waals surface area (Å²) >= 11 is 0. The average molecular weight is 227 g/mol. The van der Waals surface area contributed by atoms with Gasteiger partial charge < -0.3 is 5.11 Å². The van der Waals surface area contributed by atoms with E-state index >= 15 is 0 Å². The monoisotopic (exact) mass is 227 g/mol. The lowest BCUT2D eigenvalue weighted by Crippen LogP contribution is -2.54. The van der Waals surface area contributed by atoms with Crippen LogP contribution in [-0.4, -0.2) is 34.2 Å². The van der Waals surface area contributed by atoms with Gasteiger partial charge in [0, 0.05) is 6.92 Å². The van der Waals surface area contributed by atoms with E-state index in [2.05, 4.69) is 0 Å². The van der Waals surface area contributed by atoms with Gasteiger partial charge in [0.15, 0.2) is 0 Å². The Kier molecular flexibility index (Phi) is 4.12. The van der Waals surface area contributed by atoms with Crippen LogP contribution in [0.4, 0.5) is 13.2 Å². The van der Waals surface area contributed by atoms with Gasteiger partial charge in [0.05, 0.1) is 0 Å². The first-order chi connectivity index (χ1) is 6.59. The summed E-state index contributed by atoms with van der Waals surface area (Å²) < 4.78 is 37.2. The van der Waals surface area contributed by atoms with Gasteiger partial charge in [0.25, 0.3) is 0 Å². The SMILES string of the molecule is CC(=O)N(C(C(=O)O)C(C)C)C(F)(F)F.